The third-order valence-corrected chi connectivity index (χ3v) is 1.89. The van der Waals surface area contributed by atoms with Crippen LogP contribution in [0, 0.1) is 17.7 Å². The highest BCUT2D eigenvalue weighted by Crippen LogP contribution is 2.21. The van der Waals surface area contributed by atoms with Gasteiger partial charge in [-0.05, 0) is 13.8 Å². The molecular formula is C8H10F3N3. The Labute approximate surface area is 79.6 Å². The van der Waals surface area contributed by atoms with Crippen molar-refractivity contribution < 1.29 is 13.2 Å². The molecule has 78 valence electrons. The van der Waals surface area contributed by atoms with E-state index < -0.39 is 23.4 Å². The van der Waals surface area contributed by atoms with Gasteiger partial charge >= 0.3 is 0 Å². The van der Waals surface area contributed by atoms with Crippen LogP contribution in [0.25, 0.3) is 0 Å². The van der Waals surface area contributed by atoms with Crippen LogP contribution in [-0.2, 0) is 0 Å². The Balaban J connectivity index is 3.23. The molecule has 3 nitrogen and oxygen atoms in total. The molecule has 0 atom stereocenters. The highest BCUT2D eigenvalue weighted by atomic mass is 19.2. The number of halogens is 3. The Kier molecular flexibility index (Phi) is 3.27. The van der Waals surface area contributed by atoms with Gasteiger partial charge in [0.1, 0.15) is 5.69 Å². The highest BCUT2D eigenvalue weighted by Gasteiger charge is 2.20. The largest absolute Gasteiger partial charge is 0.366 e. The number of rotatable bonds is 3. The lowest BCUT2D eigenvalue weighted by atomic mass is 10.3. The fourth-order valence-electron chi connectivity index (χ4n) is 1.18. The van der Waals surface area contributed by atoms with E-state index in [0.29, 0.717) is 13.1 Å². The Morgan fingerprint density at radius 1 is 1.00 bits per heavy atom. The maximum atomic E-state index is 13.1. The van der Waals surface area contributed by atoms with E-state index in [1.54, 1.807) is 13.8 Å². The summed E-state index contributed by atoms with van der Waals surface area (Å²) < 4.78 is 38.8. The van der Waals surface area contributed by atoms with Crippen LogP contribution in [0.15, 0.2) is 0 Å². The van der Waals surface area contributed by atoms with Gasteiger partial charge < -0.3 is 4.90 Å². The van der Waals surface area contributed by atoms with Crippen LogP contribution in [-0.4, -0.2) is 23.3 Å². The van der Waals surface area contributed by atoms with Gasteiger partial charge in [-0.1, -0.05) is 0 Å². The zero-order chi connectivity index (χ0) is 10.7. The highest BCUT2D eigenvalue weighted by molar-refractivity contribution is 5.45. The topological polar surface area (TPSA) is 29.0 Å². The molecule has 14 heavy (non-hydrogen) atoms. The van der Waals surface area contributed by atoms with Crippen molar-refractivity contribution in [1.29, 1.82) is 0 Å². The van der Waals surface area contributed by atoms with Crippen LogP contribution >= 0.6 is 0 Å². The average Bonchev–Trinajstić information content (AvgIpc) is 2.19. The zero-order valence-electron chi connectivity index (χ0n) is 7.89. The molecule has 0 saturated heterocycles. The smallest absolute Gasteiger partial charge is 0.271 e. The summed E-state index contributed by atoms with van der Waals surface area (Å²) in [5.74, 6) is -3.76. The standard InChI is InChI=1S/C8H10F3N3/c1-3-14(4-2)6-5(9)7(10)12-13-8(6)11/h3-4H2,1-2H3. The summed E-state index contributed by atoms with van der Waals surface area (Å²) in [7, 11) is 0. The average molecular weight is 205 g/mol. The third kappa shape index (κ3) is 1.78. The summed E-state index contributed by atoms with van der Waals surface area (Å²) >= 11 is 0. The van der Waals surface area contributed by atoms with Crippen LogP contribution in [0.4, 0.5) is 18.9 Å². The third-order valence-electron chi connectivity index (χ3n) is 1.89. The van der Waals surface area contributed by atoms with Gasteiger partial charge in [-0.2, -0.15) is 13.2 Å². The Hall–Kier alpha value is -1.33. The monoisotopic (exact) mass is 205 g/mol. The van der Waals surface area contributed by atoms with Crippen molar-refractivity contribution in [3.8, 4) is 0 Å². The summed E-state index contributed by atoms with van der Waals surface area (Å²) in [4.78, 5) is 1.34. The lowest BCUT2D eigenvalue weighted by molar-refractivity contribution is 0.433. The minimum absolute atomic E-state index is 0.371. The van der Waals surface area contributed by atoms with Gasteiger partial charge in [-0.3, -0.25) is 0 Å². The molecule has 0 spiro atoms. The van der Waals surface area contributed by atoms with Crippen LogP contribution in [0.3, 0.4) is 0 Å². The molecule has 0 radical (unpaired) electrons. The van der Waals surface area contributed by atoms with Gasteiger partial charge in [-0.15, -0.1) is 10.2 Å². The maximum Gasteiger partial charge on any atom is 0.271 e. The first-order valence-electron chi connectivity index (χ1n) is 4.23. The molecule has 1 rings (SSSR count). The predicted molar refractivity (Wildman–Crippen MR) is 45.5 cm³/mol. The zero-order valence-corrected chi connectivity index (χ0v) is 7.89. The second-order valence-electron chi connectivity index (χ2n) is 2.62. The Morgan fingerprint density at radius 2 is 1.50 bits per heavy atom. The molecule has 0 aliphatic rings. The van der Waals surface area contributed by atoms with Crippen LogP contribution in [0.2, 0.25) is 0 Å². The minimum atomic E-state index is -1.38. The molecular weight excluding hydrogens is 195 g/mol. The van der Waals surface area contributed by atoms with Crippen molar-refractivity contribution in [3.63, 3.8) is 0 Å². The van der Waals surface area contributed by atoms with E-state index in [-0.39, 0.29) is 0 Å². The van der Waals surface area contributed by atoms with Crippen molar-refractivity contribution in [2.24, 2.45) is 0 Å². The van der Waals surface area contributed by atoms with E-state index in [4.69, 9.17) is 0 Å². The first-order valence-corrected chi connectivity index (χ1v) is 4.23. The fraction of sp³-hybridized carbons (Fsp3) is 0.500. The second-order valence-corrected chi connectivity index (χ2v) is 2.62. The SMILES string of the molecule is CCN(CC)c1c(F)nnc(F)c1F. The Morgan fingerprint density at radius 3 is 2.00 bits per heavy atom. The summed E-state index contributed by atoms with van der Waals surface area (Å²) in [6.07, 6.45) is 0. The number of anilines is 1. The molecule has 1 aromatic rings. The molecule has 0 aromatic carbocycles. The molecule has 1 aromatic heterocycles. The van der Waals surface area contributed by atoms with Crippen LogP contribution in [0.1, 0.15) is 13.8 Å². The number of aromatic nitrogens is 2. The summed E-state index contributed by atoms with van der Waals surface area (Å²) in [6.45, 7) is 4.16. The van der Waals surface area contributed by atoms with E-state index >= 15 is 0 Å². The van der Waals surface area contributed by atoms with Gasteiger partial charge in [-0.25, -0.2) is 0 Å². The van der Waals surface area contributed by atoms with Gasteiger partial charge in [0.05, 0.1) is 0 Å². The first-order chi connectivity index (χ1) is 6.61. The van der Waals surface area contributed by atoms with Gasteiger partial charge in [0.25, 0.3) is 11.9 Å². The quantitative estimate of drug-likeness (QED) is 0.752. The summed E-state index contributed by atoms with van der Waals surface area (Å²) in [6, 6.07) is 0. The Bertz CT molecular complexity index is 326. The lowest BCUT2D eigenvalue weighted by Gasteiger charge is -2.20. The lowest BCUT2D eigenvalue weighted by Crippen LogP contribution is -2.25. The van der Waals surface area contributed by atoms with E-state index in [2.05, 4.69) is 10.2 Å². The van der Waals surface area contributed by atoms with E-state index in [1.165, 1.54) is 4.90 Å². The van der Waals surface area contributed by atoms with Crippen LogP contribution in [0.5, 0.6) is 0 Å². The van der Waals surface area contributed by atoms with E-state index in [1.807, 2.05) is 0 Å². The fourth-order valence-corrected chi connectivity index (χ4v) is 1.18. The molecule has 0 amide bonds. The molecule has 0 fully saturated rings. The van der Waals surface area contributed by atoms with E-state index in [9.17, 15) is 13.2 Å². The number of nitrogens with zero attached hydrogens (tertiary/aromatic N) is 3. The summed E-state index contributed by atoms with van der Waals surface area (Å²) in [5.41, 5.74) is -0.456. The van der Waals surface area contributed by atoms with Crippen molar-refractivity contribution >= 4 is 5.69 Å². The molecule has 6 heteroatoms. The predicted octanol–water partition coefficient (Wildman–Crippen LogP) is 1.74. The van der Waals surface area contributed by atoms with Crippen molar-refractivity contribution in [3.05, 3.63) is 17.7 Å². The van der Waals surface area contributed by atoms with Gasteiger partial charge in [0.2, 0.25) is 5.82 Å². The van der Waals surface area contributed by atoms with Gasteiger partial charge in [0, 0.05) is 13.1 Å². The van der Waals surface area contributed by atoms with Crippen molar-refractivity contribution in [2.75, 3.05) is 18.0 Å². The summed E-state index contributed by atoms with van der Waals surface area (Å²) in [5, 5.41) is 5.58. The second kappa shape index (κ2) is 4.26. The molecule has 0 unspecified atom stereocenters. The van der Waals surface area contributed by atoms with Crippen LogP contribution < -0.4 is 4.90 Å². The molecule has 0 aliphatic carbocycles. The molecule has 0 saturated carbocycles. The van der Waals surface area contributed by atoms with Crippen molar-refractivity contribution in [1.82, 2.24) is 10.2 Å². The minimum Gasteiger partial charge on any atom is -0.366 e. The molecule has 0 aliphatic heterocycles. The molecule has 1 heterocycles. The van der Waals surface area contributed by atoms with Gasteiger partial charge in [0.15, 0.2) is 0 Å². The number of hydrogen-bond donors (Lipinski definition) is 0. The molecule has 0 bridgehead atoms. The molecule has 0 N–H and O–H groups in total. The normalized spacial score (nSPS) is 10.4. The number of hydrogen-bond acceptors (Lipinski definition) is 3. The van der Waals surface area contributed by atoms with E-state index in [0.717, 1.165) is 0 Å². The first kappa shape index (κ1) is 10.7. The van der Waals surface area contributed by atoms with Crippen molar-refractivity contribution in [2.45, 2.75) is 13.8 Å². The maximum absolute atomic E-state index is 13.1.